The lowest BCUT2D eigenvalue weighted by Crippen LogP contribution is -2.53. The molecule has 2 aromatic rings. The maximum absolute atomic E-state index is 13.8. The molecule has 0 amide bonds. The SMILES string of the molecule is N#Cc1cc(F)cc(C2=CC3COCC(C2)N3Cc2ccccc2)c1. The van der Waals surface area contributed by atoms with Gasteiger partial charge < -0.3 is 4.74 Å². The summed E-state index contributed by atoms with van der Waals surface area (Å²) in [5.41, 5.74) is 3.57. The summed E-state index contributed by atoms with van der Waals surface area (Å²) in [4.78, 5) is 2.47. The Hall–Kier alpha value is -2.48. The highest BCUT2D eigenvalue weighted by Crippen LogP contribution is 2.34. The van der Waals surface area contributed by atoms with Gasteiger partial charge in [0.1, 0.15) is 5.82 Å². The molecule has 2 aromatic carbocycles. The Balaban J connectivity index is 1.63. The van der Waals surface area contributed by atoms with E-state index in [1.165, 1.54) is 17.7 Å². The van der Waals surface area contributed by atoms with Crippen LogP contribution in [0.1, 0.15) is 23.1 Å². The molecular formula is C21H19FN2O. The van der Waals surface area contributed by atoms with Crippen molar-refractivity contribution in [3.8, 4) is 6.07 Å². The molecule has 0 aromatic heterocycles. The number of ether oxygens (including phenoxy) is 1. The molecule has 4 heteroatoms. The highest BCUT2D eigenvalue weighted by atomic mass is 19.1. The molecule has 0 saturated carbocycles. The first-order chi connectivity index (χ1) is 12.2. The molecule has 2 bridgehead atoms. The van der Waals surface area contributed by atoms with Crippen molar-refractivity contribution in [1.82, 2.24) is 4.90 Å². The molecule has 2 aliphatic heterocycles. The minimum atomic E-state index is -0.358. The summed E-state index contributed by atoms with van der Waals surface area (Å²) in [6.45, 7) is 2.21. The summed E-state index contributed by atoms with van der Waals surface area (Å²) < 4.78 is 19.6. The summed E-state index contributed by atoms with van der Waals surface area (Å²) in [6, 6.07) is 17.5. The van der Waals surface area contributed by atoms with Crippen molar-refractivity contribution in [2.45, 2.75) is 25.0 Å². The van der Waals surface area contributed by atoms with E-state index in [-0.39, 0.29) is 17.9 Å². The van der Waals surface area contributed by atoms with Gasteiger partial charge in [0.15, 0.2) is 0 Å². The van der Waals surface area contributed by atoms with Crippen LogP contribution in [0.15, 0.2) is 54.6 Å². The second-order valence-electron chi connectivity index (χ2n) is 6.65. The van der Waals surface area contributed by atoms with Crippen LogP contribution in [0.5, 0.6) is 0 Å². The van der Waals surface area contributed by atoms with E-state index in [1.54, 1.807) is 6.07 Å². The third-order valence-corrected chi connectivity index (χ3v) is 4.95. The molecule has 0 aliphatic carbocycles. The van der Waals surface area contributed by atoms with Gasteiger partial charge in [-0.15, -0.1) is 0 Å². The predicted octanol–water partition coefficient (Wildman–Crippen LogP) is 3.75. The molecule has 2 atom stereocenters. The minimum absolute atomic E-state index is 0.177. The van der Waals surface area contributed by atoms with Crippen molar-refractivity contribution in [2.24, 2.45) is 0 Å². The quantitative estimate of drug-likeness (QED) is 0.858. The zero-order valence-corrected chi connectivity index (χ0v) is 13.9. The smallest absolute Gasteiger partial charge is 0.125 e. The van der Waals surface area contributed by atoms with Crippen LogP contribution in [-0.2, 0) is 11.3 Å². The normalized spacial score (nSPS) is 23.0. The monoisotopic (exact) mass is 334 g/mol. The van der Waals surface area contributed by atoms with E-state index in [0.717, 1.165) is 24.1 Å². The van der Waals surface area contributed by atoms with Gasteiger partial charge in [-0.3, -0.25) is 4.90 Å². The van der Waals surface area contributed by atoms with Crippen LogP contribution in [0.4, 0.5) is 4.39 Å². The fourth-order valence-electron chi connectivity index (χ4n) is 3.76. The van der Waals surface area contributed by atoms with Gasteiger partial charge in [0, 0.05) is 12.6 Å². The average Bonchev–Trinajstić information content (AvgIpc) is 2.61. The van der Waals surface area contributed by atoms with Crippen LogP contribution in [0.2, 0.25) is 0 Å². The summed E-state index contributed by atoms with van der Waals surface area (Å²) in [7, 11) is 0. The van der Waals surface area contributed by atoms with Crippen molar-refractivity contribution in [3.05, 3.63) is 77.1 Å². The molecule has 2 aliphatic rings. The third kappa shape index (κ3) is 3.34. The van der Waals surface area contributed by atoms with E-state index < -0.39 is 0 Å². The summed E-state index contributed by atoms with van der Waals surface area (Å²) in [5.74, 6) is -0.358. The summed E-state index contributed by atoms with van der Waals surface area (Å²) in [5, 5.41) is 9.09. The Morgan fingerprint density at radius 3 is 2.76 bits per heavy atom. The van der Waals surface area contributed by atoms with E-state index in [2.05, 4.69) is 35.2 Å². The Morgan fingerprint density at radius 1 is 1.16 bits per heavy atom. The molecule has 0 N–H and O–H groups in total. The summed E-state index contributed by atoms with van der Waals surface area (Å²) >= 11 is 0. The molecule has 3 nitrogen and oxygen atoms in total. The van der Waals surface area contributed by atoms with Crippen LogP contribution in [0, 0.1) is 17.1 Å². The Morgan fingerprint density at radius 2 is 2.00 bits per heavy atom. The van der Waals surface area contributed by atoms with Crippen molar-refractivity contribution in [1.29, 1.82) is 5.26 Å². The van der Waals surface area contributed by atoms with E-state index >= 15 is 0 Å². The van der Waals surface area contributed by atoms with Gasteiger partial charge in [-0.05, 0) is 41.3 Å². The number of morpholine rings is 1. The molecule has 4 rings (SSSR count). The molecule has 1 fully saturated rings. The highest BCUT2D eigenvalue weighted by Gasteiger charge is 2.34. The largest absolute Gasteiger partial charge is 0.378 e. The first kappa shape index (κ1) is 16.0. The van der Waals surface area contributed by atoms with Crippen molar-refractivity contribution >= 4 is 5.57 Å². The van der Waals surface area contributed by atoms with Crippen LogP contribution < -0.4 is 0 Å². The Labute approximate surface area is 147 Å². The van der Waals surface area contributed by atoms with Gasteiger partial charge in [0.25, 0.3) is 0 Å². The second-order valence-corrected chi connectivity index (χ2v) is 6.65. The molecule has 2 heterocycles. The molecule has 1 saturated heterocycles. The number of nitrogens with zero attached hydrogens (tertiary/aromatic N) is 2. The third-order valence-electron chi connectivity index (χ3n) is 4.95. The number of halogens is 1. The van der Waals surface area contributed by atoms with Gasteiger partial charge in [-0.1, -0.05) is 36.4 Å². The number of rotatable bonds is 3. The first-order valence-corrected chi connectivity index (χ1v) is 8.52. The molecule has 0 radical (unpaired) electrons. The minimum Gasteiger partial charge on any atom is -0.378 e. The maximum Gasteiger partial charge on any atom is 0.125 e. The van der Waals surface area contributed by atoms with Gasteiger partial charge in [-0.25, -0.2) is 4.39 Å². The highest BCUT2D eigenvalue weighted by molar-refractivity contribution is 5.69. The van der Waals surface area contributed by atoms with E-state index in [0.29, 0.717) is 18.8 Å². The molecule has 2 unspecified atom stereocenters. The Bertz CT molecular complexity index is 841. The number of nitriles is 1. The molecule has 126 valence electrons. The van der Waals surface area contributed by atoms with Crippen LogP contribution in [-0.4, -0.2) is 30.2 Å². The molecule has 0 spiro atoms. The lowest BCUT2D eigenvalue weighted by Gasteiger charge is -2.44. The number of fused-ring (bicyclic) bond motifs is 2. The van der Waals surface area contributed by atoms with Crippen molar-refractivity contribution in [2.75, 3.05) is 13.2 Å². The van der Waals surface area contributed by atoms with E-state index in [9.17, 15) is 4.39 Å². The van der Waals surface area contributed by atoms with Crippen molar-refractivity contribution in [3.63, 3.8) is 0 Å². The fraction of sp³-hybridized carbons (Fsp3) is 0.286. The number of hydrogen-bond acceptors (Lipinski definition) is 3. The zero-order chi connectivity index (χ0) is 17.2. The van der Waals surface area contributed by atoms with Gasteiger partial charge in [0.05, 0.1) is 30.9 Å². The lowest BCUT2D eigenvalue weighted by atomic mass is 9.89. The van der Waals surface area contributed by atoms with E-state index in [4.69, 9.17) is 10.00 Å². The number of benzene rings is 2. The zero-order valence-electron chi connectivity index (χ0n) is 13.9. The average molecular weight is 334 g/mol. The predicted molar refractivity (Wildman–Crippen MR) is 94.1 cm³/mol. The number of hydrogen-bond donors (Lipinski definition) is 0. The standard InChI is InChI=1S/C21H19FN2O/c22-19-7-16(11-23)6-17(8-19)18-9-20-13-25-14-21(10-18)24(20)12-15-4-2-1-3-5-15/h1-9,20-21H,10,12-14H2. The topological polar surface area (TPSA) is 36.3 Å². The molecule has 25 heavy (non-hydrogen) atoms. The van der Waals surface area contributed by atoms with Gasteiger partial charge in [0.2, 0.25) is 0 Å². The first-order valence-electron chi connectivity index (χ1n) is 8.52. The van der Waals surface area contributed by atoms with Crippen molar-refractivity contribution < 1.29 is 9.13 Å². The Kier molecular flexibility index (Phi) is 4.35. The summed E-state index contributed by atoms with van der Waals surface area (Å²) in [6.07, 6.45) is 2.98. The fourth-order valence-corrected chi connectivity index (χ4v) is 3.76. The lowest BCUT2D eigenvalue weighted by molar-refractivity contribution is -0.0402. The van der Waals surface area contributed by atoms with Gasteiger partial charge >= 0.3 is 0 Å². The second kappa shape index (κ2) is 6.79. The maximum atomic E-state index is 13.8. The van der Waals surface area contributed by atoms with E-state index in [1.807, 2.05) is 12.1 Å². The van der Waals surface area contributed by atoms with Gasteiger partial charge in [-0.2, -0.15) is 5.26 Å². The van der Waals surface area contributed by atoms with Crippen LogP contribution in [0.25, 0.3) is 5.57 Å². The van der Waals surface area contributed by atoms with Crippen LogP contribution >= 0.6 is 0 Å². The molecular weight excluding hydrogens is 315 g/mol. The van der Waals surface area contributed by atoms with Crippen LogP contribution in [0.3, 0.4) is 0 Å².